The highest BCUT2D eigenvalue weighted by atomic mass is 32.2. The topological polar surface area (TPSA) is 42.4 Å². The highest BCUT2D eigenvalue weighted by molar-refractivity contribution is 7.99. The number of carbonyl (C=O) groups is 1. The van der Waals surface area contributed by atoms with E-state index in [1.165, 1.54) is 5.56 Å². The smallest absolute Gasteiger partial charge is 0.410 e. The molecule has 1 aromatic rings. The first-order valence-corrected chi connectivity index (χ1v) is 8.29. The van der Waals surface area contributed by atoms with Gasteiger partial charge in [0.2, 0.25) is 0 Å². The molecule has 5 heteroatoms. The number of nitrogens with zero attached hydrogens (tertiary/aromatic N) is 2. The Balaban J connectivity index is 1.82. The molecule has 1 aliphatic heterocycles. The highest BCUT2D eigenvalue weighted by Gasteiger charge is 2.27. The van der Waals surface area contributed by atoms with Gasteiger partial charge in [0, 0.05) is 24.5 Å². The summed E-state index contributed by atoms with van der Waals surface area (Å²) in [5, 5.41) is 1.60. The highest BCUT2D eigenvalue weighted by Crippen LogP contribution is 2.29. The number of aryl methyl sites for hydroxylation is 1. The van der Waals surface area contributed by atoms with Crippen LogP contribution in [0.15, 0.2) is 23.4 Å². The van der Waals surface area contributed by atoms with Crippen LogP contribution in [0, 0.1) is 6.92 Å². The molecule has 0 radical (unpaired) electrons. The zero-order valence-electron chi connectivity index (χ0n) is 13.3. The van der Waals surface area contributed by atoms with Gasteiger partial charge in [-0.15, -0.1) is 11.8 Å². The fourth-order valence-corrected chi connectivity index (χ4v) is 3.39. The molecule has 0 atom stereocenters. The van der Waals surface area contributed by atoms with E-state index in [4.69, 9.17) is 4.74 Å². The summed E-state index contributed by atoms with van der Waals surface area (Å²) < 4.78 is 5.41. The van der Waals surface area contributed by atoms with Gasteiger partial charge in [-0.25, -0.2) is 9.78 Å². The third kappa shape index (κ3) is 5.23. The quantitative estimate of drug-likeness (QED) is 0.831. The summed E-state index contributed by atoms with van der Waals surface area (Å²) in [6.07, 6.45) is 3.63. The number of rotatable bonds is 2. The third-order valence-corrected chi connectivity index (χ3v) is 4.54. The predicted octanol–water partition coefficient (Wildman–Crippen LogP) is 3.88. The zero-order valence-corrected chi connectivity index (χ0v) is 14.1. The first kappa shape index (κ1) is 16.1. The molecule has 0 spiro atoms. The van der Waals surface area contributed by atoms with Crippen molar-refractivity contribution in [3.05, 3.63) is 23.9 Å². The van der Waals surface area contributed by atoms with Gasteiger partial charge in [0.15, 0.2) is 0 Å². The minimum atomic E-state index is -0.422. The maximum Gasteiger partial charge on any atom is 0.410 e. The molecule has 0 N–H and O–H groups in total. The predicted molar refractivity (Wildman–Crippen MR) is 85.7 cm³/mol. The van der Waals surface area contributed by atoms with Gasteiger partial charge < -0.3 is 9.64 Å². The van der Waals surface area contributed by atoms with Gasteiger partial charge in [0.05, 0.1) is 5.03 Å². The lowest BCUT2D eigenvalue weighted by molar-refractivity contribution is 0.0219. The molecule has 1 aromatic heterocycles. The Kier molecular flexibility index (Phi) is 5.14. The van der Waals surface area contributed by atoms with Gasteiger partial charge in [-0.05, 0) is 58.2 Å². The number of amides is 1. The molecule has 0 bridgehead atoms. The van der Waals surface area contributed by atoms with Gasteiger partial charge in [-0.2, -0.15) is 0 Å². The van der Waals surface area contributed by atoms with E-state index in [1.807, 2.05) is 49.7 Å². The number of hydrogen-bond acceptors (Lipinski definition) is 4. The Labute approximate surface area is 131 Å². The van der Waals surface area contributed by atoms with Crippen LogP contribution < -0.4 is 0 Å². The summed E-state index contributed by atoms with van der Waals surface area (Å²) in [6, 6.07) is 4.13. The van der Waals surface area contributed by atoms with E-state index in [1.54, 1.807) is 0 Å². The summed E-state index contributed by atoms with van der Waals surface area (Å²) in [7, 11) is 0. The van der Waals surface area contributed by atoms with Gasteiger partial charge in [-0.1, -0.05) is 0 Å². The number of pyridine rings is 1. The second-order valence-corrected chi connectivity index (χ2v) is 7.78. The Bertz CT molecular complexity index is 491. The molecule has 1 fully saturated rings. The molecule has 4 nitrogen and oxygen atoms in total. The molecular weight excluding hydrogens is 284 g/mol. The average Bonchev–Trinajstić information content (AvgIpc) is 2.37. The van der Waals surface area contributed by atoms with Gasteiger partial charge >= 0.3 is 6.09 Å². The number of thioether (sulfide) groups is 1. The molecule has 0 unspecified atom stereocenters. The molecule has 0 saturated carbocycles. The van der Waals surface area contributed by atoms with Crippen molar-refractivity contribution in [1.82, 2.24) is 9.88 Å². The molecule has 1 saturated heterocycles. The number of piperidine rings is 1. The van der Waals surface area contributed by atoms with E-state index in [9.17, 15) is 4.79 Å². The summed E-state index contributed by atoms with van der Waals surface area (Å²) in [5.41, 5.74) is 0.812. The lowest BCUT2D eigenvalue weighted by Gasteiger charge is -2.33. The van der Waals surface area contributed by atoms with Crippen molar-refractivity contribution >= 4 is 17.9 Å². The molecule has 1 amide bonds. The van der Waals surface area contributed by atoms with E-state index in [2.05, 4.69) is 18.0 Å². The van der Waals surface area contributed by atoms with Crippen LogP contribution in [0.1, 0.15) is 39.2 Å². The Hall–Kier alpha value is -1.23. The maximum atomic E-state index is 12.0. The first-order valence-electron chi connectivity index (χ1n) is 7.41. The molecule has 2 heterocycles. The minimum Gasteiger partial charge on any atom is -0.444 e. The average molecular weight is 308 g/mol. The summed E-state index contributed by atoms with van der Waals surface area (Å²) in [4.78, 5) is 18.2. The SMILES string of the molecule is Cc1ccnc(SC2CCN(C(=O)OC(C)(C)C)CC2)c1. The van der Waals surface area contributed by atoms with Crippen LogP contribution in [0.3, 0.4) is 0 Å². The largest absolute Gasteiger partial charge is 0.444 e. The fourth-order valence-electron chi connectivity index (χ4n) is 2.23. The number of ether oxygens (including phenoxy) is 1. The first-order chi connectivity index (χ1) is 9.83. The Morgan fingerprint density at radius 1 is 1.38 bits per heavy atom. The summed E-state index contributed by atoms with van der Waals surface area (Å²) >= 11 is 1.82. The molecule has 0 aromatic carbocycles. The number of hydrogen-bond donors (Lipinski definition) is 0. The molecule has 21 heavy (non-hydrogen) atoms. The second kappa shape index (κ2) is 6.69. The third-order valence-electron chi connectivity index (χ3n) is 3.27. The molecule has 2 rings (SSSR count). The fraction of sp³-hybridized carbons (Fsp3) is 0.625. The second-order valence-electron chi connectivity index (χ2n) is 6.46. The summed E-state index contributed by atoms with van der Waals surface area (Å²) in [6.45, 7) is 9.30. The van der Waals surface area contributed by atoms with Crippen molar-refractivity contribution < 1.29 is 9.53 Å². The van der Waals surface area contributed by atoms with E-state index >= 15 is 0 Å². The Morgan fingerprint density at radius 3 is 2.62 bits per heavy atom. The number of likely N-dealkylation sites (tertiary alicyclic amines) is 1. The molecular formula is C16H24N2O2S. The monoisotopic (exact) mass is 308 g/mol. The van der Waals surface area contributed by atoms with Gasteiger partial charge in [0.1, 0.15) is 5.60 Å². The van der Waals surface area contributed by atoms with Crippen LogP contribution in [0.4, 0.5) is 4.79 Å². The normalized spacial score (nSPS) is 16.9. The van der Waals surface area contributed by atoms with Crippen molar-refractivity contribution in [2.75, 3.05) is 13.1 Å². The number of carbonyl (C=O) groups excluding carboxylic acids is 1. The van der Waals surface area contributed by atoms with Gasteiger partial charge in [-0.3, -0.25) is 0 Å². The van der Waals surface area contributed by atoms with Crippen molar-refractivity contribution in [2.24, 2.45) is 0 Å². The van der Waals surface area contributed by atoms with Crippen LogP contribution in [0.2, 0.25) is 0 Å². The Morgan fingerprint density at radius 2 is 2.05 bits per heavy atom. The lowest BCUT2D eigenvalue weighted by Crippen LogP contribution is -2.42. The standard InChI is InChI=1S/C16H24N2O2S/c1-12-5-8-17-14(11-12)21-13-6-9-18(10-7-13)15(19)20-16(2,3)4/h5,8,11,13H,6-7,9-10H2,1-4H3. The van der Waals surface area contributed by atoms with Crippen LogP contribution >= 0.6 is 11.8 Å². The number of aromatic nitrogens is 1. The molecule has 0 aliphatic carbocycles. The minimum absolute atomic E-state index is 0.195. The lowest BCUT2D eigenvalue weighted by atomic mass is 10.1. The van der Waals surface area contributed by atoms with E-state index in [0.29, 0.717) is 5.25 Å². The van der Waals surface area contributed by atoms with Crippen molar-refractivity contribution in [3.8, 4) is 0 Å². The molecule has 116 valence electrons. The van der Waals surface area contributed by atoms with E-state index in [-0.39, 0.29) is 6.09 Å². The van der Waals surface area contributed by atoms with E-state index < -0.39 is 5.60 Å². The summed E-state index contributed by atoms with van der Waals surface area (Å²) in [5.74, 6) is 0. The van der Waals surface area contributed by atoms with Crippen LogP contribution in [-0.2, 0) is 4.74 Å². The van der Waals surface area contributed by atoms with Gasteiger partial charge in [0.25, 0.3) is 0 Å². The van der Waals surface area contributed by atoms with E-state index in [0.717, 1.165) is 31.0 Å². The zero-order chi connectivity index (χ0) is 15.5. The van der Waals surface area contributed by atoms with Crippen molar-refractivity contribution in [3.63, 3.8) is 0 Å². The molecule has 1 aliphatic rings. The van der Waals surface area contributed by atoms with Crippen molar-refractivity contribution in [2.45, 2.75) is 56.4 Å². The van der Waals surface area contributed by atoms with Crippen LogP contribution in [-0.4, -0.2) is 39.9 Å². The van der Waals surface area contributed by atoms with Crippen molar-refractivity contribution in [1.29, 1.82) is 0 Å². The van der Waals surface area contributed by atoms with Crippen LogP contribution in [0.25, 0.3) is 0 Å². The van der Waals surface area contributed by atoms with Crippen LogP contribution in [0.5, 0.6) is 0 Å². The maximum absolute atomic E-state index is 12.0.